The quantitative estimate of drug-likeness (QED) is 0.229. The van der Waals surface area contributed by atoms with E-state index in [1.54, 1.807) is 0 Å². The zero-order chi connectivity index (χ0) is 26.3. The van der Waals surface area contributed by atoms with E-state index in [4.69, 9.17) is 9.47 Å². The molecule has 1 aliphatic carbocycles. The van der Waals surface area contributed by atoms with Crippen LogP contribution in [-0.2, 0) is 9.47 Å². The van der Waals surface area contributed by atoms with Crippen molar-refractivity contribution in [3.63, 3.8) is 0 Å². The Balaban J connectivity index is 2.24. The van der Waals surface area contributed by atoms with E-state index in [1.807, 2.05) is 0 Å². The van der Waals surface area contributed by atoms with Crippen LogP contribution in [0, 0.1) is 5.92 Å². The molecule has 0 radical (unpaired) electrons. The number of ether oxygens (including phenoxy) is 2. The van der Waals surface area contributed by atoms with Gasteiger partial charge in [0.05, 0.1) is 13.2 Å². The molecule has 3 rings (SSSR count). The fourth-order valence-electron chi connectivity index (χ4n) is 5.49. The molecule has 1 unspecified atom stereocenters. The van der Waals surface area contributed by atoms with Gasteiger partial charge in [-0.05, 0) is 73.8 Å². The number of allylic oxidation sites excluding steroid dienone is 3. The second kappa shape index (κ2) is 16.3. The first-order chi connectivity index (χ1) is 18.2. The summed E-state index contributed by atoms with van der Waals surface area (Å²) in [5, 5.41) is 0. The number of nitrogens with zero attached hydrogens (tertiary/aromatic N) is 1. The Kier molecular flexibility index (Phi) is 12.7. The van der Waals surface area contributed by atoms with E-state index in [9.17, 15) is 0 Å². The van der Waals surface area contributed by atoms with Crippen LogP contribution in [0.25, 0.3) is 11.1 Å². The first-order valence-corrected chi connectivity index (χ1v) is 14.4. The van der Waals surface area contributed by atoms with Gasteiger partial charge in [-0.2, -0.15) is 0 Å². The van der Waals surface area contributed by atoms with Crippen LogP contribution in [0.15, 0.2) is 84.1 Å². The lowest BCUT2D eigenvalue weighted by Crippen LogP contribution is -2.33. The predicted octanol–water partition coefficient (Wildman–Crippen LogP) is 8.40. The van der Waals surface area contributed by atoms with Gasteiger partial charge in [0.25, 0.3) is 0 Å². The maximum Gasteiger partial charge on any atom is 0.0656 e. The van der Waals surface area contributed by atoms with Gasteiger partial charge in [-0.25, -0.2) is 0 Å². The molecule has 0 saturated carbocycles. The molecule has 0 saturated heterocycles. The van der Waals surface area contributed by atoms with Gasteiger partial charge in [0.2, 0.25) is 0 Å². The van der Waals surface area contributed by atoms with Crippen LogP contribution >= 0.6 is 0 Å². The molecule has 2 aromatic carbocycles. The number of rotatable bonds is 15. The largest absolute Gasteiger partial charge is 0.378 e. The highest BCUT2D eigenvalue weighted by molar-refractivity contribution is 5.82. The Morgan fingerprint density at radius 1 is 0.784 bits per heavy atom. The van der Waals surface area contributed by atoms with Crippen molar-refractivity contribution in [2.45, 2.75) is 59.8 Å². The zero-order valence-corrected chi connectivity index (χ0v) is 23.5. The lowest BCUT2D eigenvalue weighted by molar-refractivity contribution is 0.177. The normalized spacial score (nSPS) is 16.8. The fraction of sp³-hybridized carbons (Fsp3) is 0.471. The smallest absolute Gasteiger partial charge is 0.0656 e. The van der Waals surface area contributed by atoms with Crippen LogP contribution in [-0.4, -0.2) is 44.4 Å². The first kappa shape index (κ1) is 28.9. The third-order valence-electron chi connectivity index (χ3n) is 7.01. The van der Waals surface area contributed by atoms with Crippen LogP contribution in [0.1, 0.15) is 70.9 Å². The third kappa shape index (κ3) is 8.18. The highest BCUT2D eigenvalue weighted by Crippen LogP contribution is 2.45. The van der Waals surface area contributed by atoms with Crippen LogP contribution < -0.4 is 0 Å². The van der Waals surface area contributed by atoms with Gasteiger partial charge in [-0.15, -0.1) is 0 Å². The average molecular weight is 502 g/mol. The van der Waals surface area contributed by atoms with E-state index in [0.717, 1.165) is 52.0 Å². The van der Waals surface area contributed by atoms with Crippen molar-refractivity contribution < 1.29 is 9.47 Å². The summed E-state index contributed by atoms with van der Waals surface area (Å²) >= 11 is 0. The van der Waals surface area contributed by atoms with Gasteiger partial charge in [0.1, 0.15) is 0 Å². The molecule has 2 aromatic rings. The molecule has 3 heteroatoms. The molecule has 1 aliphatic rings. The highest BCUT2D eigenvalue weighted by atomic mass is 16.5. The van der Waals surface area contributed by atoms with E-state index in [1.165, 1.54) is 40.0 Å². The van der Waals surface area contributed by atoms with Gasteiger partial charge < -0.3 is 14.4 Å². The molecule has 200 valence electrons. The third-order valence-corrected chi connectivity index (χ3v) is 7.01. The second-order valence-electron chi connectivity index (χ2n) is 9.62. The number of benzene rings is 2. The van der Waals surface area contributed by atoms with Crippen LogP contribution in [0.3, 0.4) is 0 Å². The Labute approximate surface area is 225 Å². The van der Waals surface area contributed by atoms with Crippen molar-refractivity contribution in [1.82, 2.24) is 4.90 Å². The summed E-state index contributed by atoms with van der Waals surface area (Å²) in [6, 6.07) is 21.8. The van der Waals surface area contributed by atoms with Gasteiger partial charge in [0, 0.05) is 37.9 Å². The number of hydrogen-bond acceptors (Lipinski definition) is 3. The Morgan fingerprint density at radius 2 is 1.35 bits per heavy atom. The lowest BCUT2D eigenvalue weighted by Gasteiger charge is -2.39. The molecule has 0 amide bonds. The van der Waals surface area contributed by atoms with Crippen LogP contribution in [0.2, 0.25) is 0 Å². The minimum absolute atomic E-state index is 0.337. The van der Waals surface area contributed by atoms with Crippen molar-refractivity contribution >= 4 is 11.1 Å². The van der Waals surface area contributed by atoms with E-state index in [0.29, 0.717) is 19.1 Å². The summed E-state index contributed by atoms with van der Waals surface area (Å²) in [6.07, 6.45) is 10.4. The summed E-state index contributed by atoms with van der Waals surface area (Å²) in [5.41, 5.74) is 8.32. The zero-order valence-electron chi connectivity index (χ0n) is 23.5. The van der Waals surface area contributed by atoms with Crippen LogP contribution in [0.5, 0.6) is 0 Å². The van der Waals surface area contributed by atoms with Crippen LogP contribution in [0.4, 0.5) is 0 Å². The minimum atomic E-state index is 0.337. The molecule has 0 aliphatic heterocycles. The van der Waals surface area contributed by atoms with Gasteiger partial charge >= 0.3 is 0 Å². The Morgan fingerprint density at radius 3 is 1.92 bits per heavy atom. The predicted molar refractivity (Wildman–Crippen MR) is 158 cm³/mol. The molecular formula is C34H47NO2. The van der Waals surface area contributed by atoms with E-state index < -0.39 is 0 Å². The fourth-order valence-corrected chi connectivity index (χ4v) is 5.49. The average Bonchev–Trinajstić information content (AvgIpc) is 2.94. The summed E-state index contributed by atoms with van der Waals surface area (Å²) in [4.78, 5) is 2.69. The second-order valence-corrected chi connectivity index (χ2v) is 9.62. The molecule has 0 N–H and O–H groups in total. The molecule has 3 nitrogen and oxygen atoms in total. The van der Waals surface area contributed by atoms with Gasteiger partial charge in [-0.3, -0.25) is 0 Å². The molecule has 0 aromatic heterocycles. The standard InChI is InChI=1S/C34H47NO2/c1-5-24-35(25-6-2)34-32(30(22-26-36-7-3)28-16-11-9-12-17-28)20-15-21-33(34)31(23-27-37-8-4)29-18-13-10-14-19-29/h9-14,16-19,22-23,32H,5-8,15,20-21,24-27H2,1-4H3/b30-22+,31-23-. The molecular weight excluding hydrogens is 454 g/mol. The van der Waals surface area contributed by atoms with E-state index in [-0.39, 0.29) is 0 Å². The van der Waals surface area contributed by atoms with Gasteiger partial charge in [0.15, 0.2) is 0 Å². The molecule has 0 bridgehead atoms. The topological polar surface area (TPSA) is 21.7 Å². The maximum atomic E-state index is 5.84. The Bertz CT molecular complexity index is 1000. The molecule has 0 heterocycles. The summed E-state index contributed by atoms with van der Waals surface area (Å²) in [7, 11) is 0. The molecule has 1 atom stereocenters. The first-order valence-electron chi connectivity index (χ1n) is 14.4. The van der Waals surface area contributed by atoms with E-state index >= 15 is 0 Å². The lowest BCUT2D eigenvalue weighted by atomic mass is 9.76. The molecule has 0 spiro atoms. The highest BCUT2D eigenvalue weighted by Gasteiger charge is 2.31. The van der Waals surface area contributed by atoms with Crippen molar-refractivity contribution in [3.8, 4) is 0 Å². The van der Waals surface area contributed by atoms with Crippen molar-refractivity contribution in [2.75, 3.05) is 39.5 Å². The minimum Gasteiger partial charge on any atom is -0.378 e. The van der Waals surface area contributed by atoms with E-state index in [2.05, 4.69) is 105 Å². The number of hydrogen-bond donors (Lipinski definition) is 0. The molecule has 37 heavy (non-hydrogen) atoms. The molecule has 0 fully saturated rings. The van der Waals surface area contributed by atoms with Gasteiger partial charge in [-0.1, -0.05) is 86.7 Å². The summed E-state index contributed by atoms with van der Waals surface area (Å²) in [6.45, 7) is 13.6. The SMILES string of the molecule is CCCN(CCC)C1=C(/C(=C\COCC)c2ccccc2)CCCC1/C(=C/COCC)c1ccccc1. The Hall–Kier alpha value is -2.62. The summed E-state index contributed by atoms with van der Waals surface area (Å²) in [5.74, 6) is 0.337. The van der Waals surface area contributed by atoms with Crippen molar-refractivity contribution in [2.24, 2.45) is 5.92 Å². The van der Waals surface area contributed by atoms with Crippen molar-refractivity contribution in [1.29, 1.82) is 0 Å². The maximum absolute atomic E-state index is 5.84. The monoisotopic (exact) mass is 501 g/mol. The van der Waals surface area contributed by atoms with Crippen molar-refractivity contribution in [3.05, 3.63) is 95.2 Å². The summed E-state index contributed by atoms with van der Waals surface area (Å²) < 4.78 is 11.7.